The Kier molecular flexibility index (Phi) is 4.69. The van der Waals surface area contributed by atoms with Crippen LogP contribution in [0.1, 0.15) is 18.5 Å². The van der Waals surface area contributed by atoms with Gasteiger partial charge in [-0.25, -0.2) is 8.42 Å². The minimum Gasteiger partial charge on any atom is -0.376 e. The Bertz CT molecular complexity index is 767. The predicted molar refractivity (Wildman–Crippen MR) is 79.9 cm³/mol. The average molecular weight is 347 g/mol. The number of hydrogen-bond acceptors (Lipinski definition) is 4. The van der Waals surface area contributed by atoms with E-state index in [9.17, 15) is 21.6 Å². The Balaban J connectivity index is 2.06. The molecule has 0 aliphatic heterocycles. The zero-order valence-corrected chi connectivity index (χ0v) is 13.3. The summed E-state index contributed by atoms with van der Waals surface area (Å²) in [5.74, 6) is 0. The zero-order valence-electron chi connectivity index (χ0n) is 12.5. The molecule has 5 nitrogen and oxygen atoms in total. The summed E-state index contributed by atoms with van der Waals surface area (Å²) < 4.78 is 60.5. The highest BCUT2D eigenvalue weighted by molar-refractivity contribution is 7.90. The molecule has 0 unspecified atom stereocenters. The van der Waals surface area contributed by atoms with Gasteiger partial charge in [-0.15, -0.1) is 0 Å². The Morgan fingerprint density at radius 1 is 1.26 bits per heavy atom. The van der Waals surface area contributed by atoms with E-state index in [1.807, 2.05) is 6.92 Å². The summed E-state index contributed by atoms with van der Waals surface area (Å²) in [6, 6.07) is 6.10. The number of anilines is 1. The van der Waals surface area contributed by atoms with Crippen LogP contribution in [0.4, 0.5) is 18.9 Å². The van der Waals surface area contributed by atoms with E-state index in [1.165, 1.54) is 24.5 Å². The van der Waals surface area contributed by atoms with Gasteiger partial charge in [0.2, 0.25) is 0 Å². The van der Waals surface area contributed by atoms with Crippen molar-refractivity contribution in [3.8, 4) is 0 Å². The van der Waals surface area contributed by atoms with Crippen molar-refractivity contribution in [1.82, 2.24) is 9.78 Å². The molecule has 1 N–H and O–H groups in total. The summed E-state index contributed by atoms with van der Waals surface area (Å²) in [5.41, 5.74) is 1.26. The molecule has 1 aromatic carbocycles. The van der Waals surface area contributed by atoms with Gasteiger partial charge >= 0.3 is 6.18 Å². The summed E-state index contributed by atoms with van der Waals surface area (Å²) in [5, 5.41) is 6.67. The highest BCUT2D eigenvalue weighted by Gasteiger charge is 2.28. The van der Waals surface area contributed by atoms with Crippen LogP contribution in [0, 0.1) is 0 Å². The summed E-state index contributed by atoms with van der Waals surface area (Å²) in [7, 11) is -3.26. The maximum atomic E-state index is 12.3. The first-order valence-corrected chi connectivity index (χ1v) is 8.59. The Labute approximate surface area is 132 Å². The number of nitrogens with zero attached hydrogens (tertiary/aromatic N) is 2. The van der Waals surface area contributed by atoms with E-state index in [4.69, 9.17) is 0 Å². The molecule has 1 aromatic heterocycles. The van der Waals surface area contributed by atoms with Crippen LogP contribution in [0.2, 0.25) is 0 Å². The van der Waals surface area contributed by atoms with Crippen molar-refractivity contribution in [2.75, 3.05) is 11.6 Å². The molecule has 0 aliphatic carbocycles. The topological polar surface area (TPSA) is 64.0 Å². The molecule has 2 aromatic rings. The average Bonchev–Trinajstić information content (AvgIpc) is 2.82. The SMILES string of the molecule is C[C@H](Nc1cnn(CC(F)(F)F)c1)c1ccc(S(C)(=O)=O)cc1. The second-order valence-corrected chi connectivity index (χ2v) is 7.26. The van der Waals surface area contributed by atoms with Crippen molar-refractivity contribution in [3.05, 3.63) is 42.2 Å². The number of nitrogens with one attached hydrogen (secondary N) is 1. The first-order valence-electron chi connectivity index (χ1n) is 6.70. The Morgan fingerprint density at radius 2 is 1.87 bits per heavy atom. The molecule has 126 valence electrons. The molecular weight excluding hydrogens is 331 g/mol. The second-order valence-electron chi connectivity index (χ2n) is 5.25. The number of aromatic nitrogens is 2. The summed E-state index contributed by atoms with van der Waals surface area (Å²) >= 11 is 0. The third kappa shape index (κ3) is 4.98. The molecule has 0 radical (unpaired) electrons. The van der Waals surface area contributed by atoms with Crippen molar-refractivity contribution in [1.29, 1.82) is 0 Å². The summed E-state index contributed by atoms with van der Waals surface area (Å²) in [6.45, 7) is 0.669. The van der Waals surface area contributed by atoms with Gasteiger partial charge in [-0.2, -0.15) is 18.3 Å². The Hall–Kier alpha value is -2.03. The minimum absolute atomic E-state index is 0.214. The van der Waals surface area contributed by atoms with E-state index in [0.29, 0.717) is 5.69 Å². The zero-order chi connectivity index (χ0) is 17.3. The second kappa shape index (κ2) is 6.23. The van der Waals surface area contributed by atoms with E-state index >= 15 is 0 Å². The lowest BCUT2D eigenvalue weighted by Gasteiger charge is -2.14. The molecule has 0 spiro atoms. The van der Waals surface area contributed by atoms with E-state index in [1.54, 1.807) is 12.1 Å². The molecule has 0 saturated heterocycles. The number of hydrogen-bond donors (Lipinski definition) is 1. The lowest BCUT2D eigenvalue weighted by Crippen LogP contribution is -2.17. The van der Waals surface area contributed by atoms with Gasteiger partial charge in [-0.3, -0.25) is 4.68 Å². The smallest absolute Gasteiger partial charge is 0.376 e. The first-order chi connectivity index (χ1) is 10.5. The van der Waals surface area contributed by atoms with Gasteiger partial charge in [0.05, 0.1) is 16.8 Å². The van der Waals surface area contributed by atoms with Crippen LogP contribution < -0.4 is 5.32 Å². The standard InChI is InChI=1S/C14H16F3N3O2S/c1-10(11-3-5-13(6-4-11)23(2,21)22)19-12-7-18-20(8-12)9-14(15,16)17/h3-8,10,19H,9H2,1-2H3/t10-/m0/s1. The van der Waals surface area contributed by atoms with Crippen molar-refractivity contribution in [2.24, 2.45) is 0 Å². The number of sulfone groups is 1. The number of halogens is 3. The monoisotopic (exact) mass is 347 g/mol. The first kappa shape index (κ1) is 17.3. The Morgan fingerprint density at radius 3 is 2.39 bits per heavy atom. The normalized spacial score (nSPS) is 13.8. The molecule has 1 atom stereocenters. The molecular formula is C14H16F3N3O2S. The lowest BCUT2D eigenvalue weighted by atomic mass is 10.1. The van der Waals surface area contributed by atoms with Crippen molar-refractivity contribution in [2.45, 2.75) is 30.6 Å². The third-order valence-corrected chi connectivity index (χ3v) is 4.29. The van der Waals surface area contributed by atoms with Gasteiger partial charge in [0.1, 0.15) is 6.54 Å². The van der Waals surface area contributed by atoms with Crippen molar-refractivity contribution < 1.29 is 21.6 Å². The molecule has 9 heteroatoms. The summed E-state index contributed by atoms with van der Waals surface area (Å²) in [4.78, 5) is 0.214. The van der Waals surface area contributed by atoms with E-state index < -0.39 is 22.6 Å². The quantitative estimate of drug-likeness (QED) is 0.903. The maximum Gasteiger partial charge on any atom is 0.408 e. The van der Waals surface area contributed by atoms with Crippen molar-refractivity contribution >= 4 is 15.5 Å². The number of alkyl halides is 3. The fourth-order valence-corrected chi connectivity index (χ4v) is 2.68. The van der Waals surface area contributed by atoms with Crippen LogP contribution >= 0.6 is 0 Å². The van der Waals surface area contributed by atoms with Crippen LogP contribution in [0.5, 0.6) is 0 Å². The van der Waals surface area contributed by atoms with Gasteiger partial charge in [-0.1, -0.05) is 12.1 Å². The van der Waals surface area contributed by atoms with Crippen LogP contribution in [0.3, 0.4) is 0 Å². The van der Waals surface area contributed by atoms with Gasteiger partial charge in [0, 0.05) is 18.5 Å². The maximum absolute atomic E-state index is 12.3. The highest BCUT2D eigenvalue weighted by Crippen LogP contribution is 2.22. The van der Waals surface area contributed by atoms with Crippen LogP contribution in [-0.4, -0.2) is 30.6 Å². The number of benzene rings is 1. The van der Waals surface area contributed by atoms with E-state index in [2.05, 4.69) is 10.4 Å². The summed E-state index contributed by atoms with van der Waals surface area (Å²) in [6.07, 6.45) is -0.614. The minimum atomic E-state index is -4.32. The highest BCUT2D eigenvalue weighted by atomic mass is 32.2. The molecule has 1 heterocycles. The predicted octanol–water partition coefficient (Wildman–Crippen LogP) is 3.02. The fraction of sp³-hybridized carbons (Fsp3) is 0.357. The lowest BCUT2D eigenvalue weighted by molar-refractivity contribution is -0.142. The van der Waals surface area contributed by atoms with Crippen LogP contribution in [-0.2, 0) is 16.4 Å². The van der Waals surface area contributed by atoms with Crippen molar-refractivity contribution in [3.63, 3.8) is 0 Å². The van der Waals surface area contributed by atoms with Gasteiger partial charge in [0.15, 0.2) is 9.84 Å². The van der Waals surface area contributed by atoms with Crippen LogP contribution in [0.15, 0.2) is 41.6 Å². The number of rotatable bonds is 5. The van der Waals surface area contributed by atoms with Gasteiger partial charge in [-0.05, 0) is 24.6 Å². The molecule has 0 aliphatic rings. The van der Waals surface area contributed by atoms with E-state index in [0.717, 1.165) is 16.5 Å². The molecule has 0 fully saturated rings. The molecule has 2 rings (SSSR count). The molecule has 0 amide bonds. The molecule has 0 saturated carbocycles. The molecule has 0 bridgehead atoms. The van der Waals surface area contributed by atoms with Gasteiger partial charge in [0.25, 0.3) is 0 Å². The fourth-order valence-electron chi connectivity index (χ4n) is 2.05. The van der Waals surface area contributed by atoms with E-state index in [-0.39, 0.29) is 10.9 Å². The third-order valence-electron chi connectivity index (χ3n) is 3.17. The van der Waals surface area contributed by atoms with Gasteiger partial charge < -0.3 is 5.32 Å². The van der Waals surface area contributed by atoms with Crippen LogP contribution in [0.25, 0.3) is 0 Å². The molecule has 23 heavy (non-hydrogen) atoms. The largest absolute Gasteiger partial charge is 0.408 e.